The van der Waals surface area contributed by atoms with Gasteiger partial charge in [-0.05, 0) is 12.1 Å². The smallest absolute Gasteiger partial charge is 0.383 e. The van der Waals surface area contributed by atoms with E-state index in [2.05, 4.69) is 10.5 Å². The molecule has 0 atom stereocenters. The Balaban J connectivity index is 2.90. The summed E-state index contributed by atoms with van der Waals surface area (Å²) in [5.74, 6) is -1.77. The van der Waals surface area contributed by atoms with E-state index < -0.39 is 19.0 Å². The molecule has 0 fully saturated rings. The Hall–Kier alpha value is -1.69. The van der Waals surface area contributed by atoms with E-state index in [1.807, 2.05) is 0 Å². The van der Waals surface area contributed by atoms with Crippen molar-refractivity contribution in [2.75, 3.05) is 5.43 Å². The minimum absolute atomic E-state index is 0.426. The molecule has 86 valence electrons. The van der Waals surface area contributed by atoms with Crippen LogP contribution < -0.4 is 5.43 Å². The summed E-state index contributed by atoms with van der Waals surface area (Å²) < 4.78 is 10.7. The number of nitrogens with one attached hydrogen (secondary N) is 1. The van der Waals surface area contributed by atoms with E-state index in [9.17, 15) is 9.36 Å². The Morgan fingerprint density at radius 3 is 2.25 bits per heavy atom. The summed E-state index contributed by atoms with van der Waals surface area (Å²) in [5.41, 5.74) is 1.45. The first-order chi connectivity index (χ1) is 7.41. The van der Waals surface area contributed by atoms with Crippen molar-refractivity contribution >= 4 is 24.7 Å². The lowest BCUT2D eigenvalue weighted by Crippen LogP contribution is -2.15. The number of aliphatic carboxylic acids is 1. The van der Waals surface area contributed by atoms with E-state index in [0.29, 0.717) is 5.69 Å². The third-order valence-corrected chi connectivity index (χ3v) is 2.37. The van der Waals surface area contributed by atoms with Crippen molar-refractivity contribution in [1.82, 2.24) is 0 Å². The molecule has 0 bridgehead atoms. The molecule has 1 rings (SSSR count). The van der Waals surface area contributed by atoms with Gasteiger partial charge in [0.1, 0.15) is 0 Å². The maximum Gasteiger partial charge on any atom is 0.383 e. The van der Waals surface area contributed by atoms with Crippen LogP contribution in [-0.4, -0.2) is 26.3 Å². The third-order valence-electron chi connectivity index (χ3n) is 1.53. The van der Waals surface area contributed by atoms with Crippen LogP contribution in [0.3, 0.4) is 0 Å². The summed E-state index contributed by atoms with van der Waals surface area (Å²) in [5, 5.41) is 11.7. The van der Waals surface area contributed by atoms with E-state index in [1.165, 1.54) is 0 Å². The normalized spacial score (nSPS) is 12.2. The van der Waals surface area contributed by atoms with Crippen LogP contribution in [-0.2, 0) is 9.36 Å². The lowest BCUT2D eigenvalue weighted by molar-refractivity contribution is -0.129. The second kappa shape index (κ2) is 4.89. The molecular formula is C8H9N2O5P. The van der Waals surface area contributed by atoms with Crippen molar-refractivity contribution in [2.45, 2.75) is 0 Å². The van der Waals surface area contributed by atoms with Gasteiger partial charge in [0.05, 0.1) is 5.69 Å². The average molecular weight is 244 g/mol. The third kappa shape index (κ3) is 3.47. The molecule has 0 amide bonds. The number of benzene rings is 1. The summed E-state index contributed by atoms with van der Waals surface area (Å²) in [6, 6.07) is 8.20. The number of hydrogen-bond donors (Lipinski definition) is 4. The molecule has 8 heteroatoms. The fraction of sp³-hybridized carbons (Fsp3) is 0. The zero-order chi connectivity index (χ0) is 12.2. The Labute approximate surface area is 90.6 Å². The molecule has 1 aromatic rings. The maximum absolute atomic E-state index is 10.7. The summed E-state index contributed by atoms with van der Waals surface area (Å²) in [7, 11) is -4.88. The predicted molar refractivity (Wildman–Crippen MR) is 57.2 cm³/mol. The largest absolute Gasteiger partial charge is 0.476 e. The number of anilines is 1. The van der Waals surface area contributed by atoms with E-state index in [-0.39, 0.29) is 0 Å². The number of carboxylic acids is 1. The quantitative estimate of drug-likeness (QED) is 0.351. The molecule has 0 heterocycles. The van der Waals surface area contributed by atoms with Crippen LogP contribution >= 0.6 is 7.60 Å². The molecule has 0 spiro atoms. The van der Waals surface area contributed by atoms with Gasteiger partial charge in [-0.15, -0.1) is 0 Å². The lowest BCUT2D eigenvalue weighted by Gasteiger charge is -2.04. The van der Waals surface area contributed by atoms with Crippen LogP contribution in [0.15, 0.2) is 35.4 Å². The molecule has 0 aliphatic rings. The fourth-order valence-corrected chi connectivity index (χ4v) is 1.30. The zero-order valence-electron chi connectivity index (χ0n) is 7.94. The first-order valence-corrected chi connectivity index (χ1v) is 5.70. The number of rotatable bonds is 4. The SMILES string of the molecule is O=C(O)/C(=N\Nc1ccccc1)P(=O)(O)O. The first-order valence-electron chi connectivity index (χ1n) is 4.09. The van der Waals surface area contributed by atoms with Gasteiger partial charge < -0.3 is 14.9 Å². The zero-order valence-corrected chi connectivity index (χ0v) is 8.83. The number of carbonyl (C=O) groups is 1. The monoisotopic (exact) mass is 244 g/mol. The summed E-state index contributed by atoms with van der Waals surface area (Å²) in [4.78, 5) is 27.9. The molecular weight excluding hydrogens is 235 g/mol. The van der Waals surface area contributed by atoms with Gasteiger partial charge in [-0.1, -0.05) is 18.2 Å². The van der Waals surface area contributed by atoms with E-state index in [4.69, 9.17) is 14.9 Å². The molecule has 1 aromatic carbocycles. The molecule has 16 heavy (non-hydrogen) atoms. The van der Waals surface area contributed by atoms with E-state index in [0.717, 1.165) is 0 Å². The minimum Gasteiger partial charge on any atom is -0.476 e. The summed E-state index contributed by atoms with van der Waals surface area (Å²) >= 11 is 0. The molecule has 0 aromatic heterocycles. The molecule has 0 aliphatic heterocycles. The lowest BCUT2D eigenvalue weighted by atomic mass is 10.3. The van der Waals surface area contributed by atoms with Crippen LogP contribution in [0.25, 0.3) is 0 Å². The van der Waals surface area contributed by atoms with Crippen LogP contribution in [0.4, 0.5) is 5.69 Å². The van der Waals surface area contributed by atoms with Gasteiger partial charge in [-0.2, -0.15) is 5.10 Å². The number of carboxylic acid groups (broad SMARTS) is 1. The second-order valence-electron chi connectivity index (χ2n) is 2.76. The highest BCUT2D eigenvalue weighted by molar-refractivity contribution is 7.73. The molecule has 0 saturated carbocycles. The molecule has 0 saturated heterocycles. The Morgan fingerprint density at radius 1 is 1.25 bits per heavy atom. The molecule has 7 nitrogen and oxygen atoms in total. The van der Waals surface area contributed by atoms with Gasteiger partial charge in [0.25, 0.3) is 5.45 Å². The average Bonchev–Trinajstić information content (AvgIpc) is 2.17. The molecule has 4 N–H and O–H groups in total. The summed E-state index contributed by atoms with van der Waals surface area (Å²) in [6.07, 6.45) is 0. The highest BCUT2D eigenvalue weighted by Crippen LogP contribution is 2.36. The van der Waals surface area contributed by atoms with Crippen molar-refractivity contribution in [1.29, 1.82) is 0 Å². The van der Waals surface area contributed by atoms with Gasteiger partial charge in [-0.3, -0.25) is 9.99 Å². The molecule has 0 aliphatic carbocycles. The highest BCUT2D eigenvalue weighted by Gasteiger charge is 2.30. The number of para-hydroxylation sites is 1. The van der Waals surface area contributed by atoms with Gasteiger partial charge in [0.15, 0.2) is 0 Å². The Bertz CT molecular complexity index is 453. The van der Waals surface area contributed by atoms with Crippen molar-refractivity contribution in [2.24, 2.45) is 5.10 Å². The van der Waals surface area contributed by atoms with Crippen LogP contribution in [0.2, 0.25) is 0 Å². The number of nitrogens with zero attached hydrogens (tertiary/aromatic N) is 1. The van der Waals surface area contributed by atoms with Crippen molar-refractivity contribution < 1.29 is 24.3 Å². The van der Waals surface area contributed by atoms with Crippen LogP contribution in [0, 0.1) is 0 Å². The van der Waals surface area contributed by atoms with Gasteiger partial charge in [-0.25, -0.2) is 4.79 Å². The second-order valence-corrected chi connectivity index (χ2v) is 4.27. The maximum atomic E-state index is 10.7. The first kappa shape index (κ1) is 12.4. The Kier molecular flexibility index (Phi) is 3.78. The minimum atomic E-state index is -4.88. The fourth-order valence-electron chi connectivity index (χ4n) is 0.868. The highest BCUT2D eigenvalue weighted by atomic mass is 31.2. The van der Waals surface area contributed by atoms with Crippen LogP contribution in [0.5, 0.6) is 0 Å². The van der Waals surface area contributed by atoms with E-state index >= 15 is 0 Å². The van der Waals surface area contributed by atoms with E-state index in [1.54, 1.807) is 30.3 Å². The summed E-state index contributed by atoms with van der Waals surface area (Å²) in [6.45, 7) is 0. The molecule has 0 radical (unpaired) electrons. The topological polar surface area (TPSA) is 119 Å². The number of hydrazone groups is 1. The van der Waals surface area contributed by atoms with Crippen LogP contribution in [0.1, 0.15) is 0 Å². The predicted octanol–water partition coefficient (Wildman–Crippen LogP) is 0.674. The van der Waals surface area contributed by atoms with Gasteiger partial charge >= 0.3 is 13.6 Å². The standard InChI is InChI=1S/C8H9N2O5P/c11-8(12)7(16(13,14)15)10-9-6-4-2-1-3-5-6/h1-5,9H,(H,11,12)(H2,13,14,15)/b10-7+. The Morgan fingerprint density at radius 2 is 1.81 bits per heavy atom. The van der Waals surface area contributed by atoms with Crippen molar-refractivity contribution in [3.05, 3.63) is 30.3 Å². The van der Waals surface area contributed by atoms with Gasteiger partial charge in [0.2, 0.25) is 0 Å². The van der Waals surface area contributed by atoms with Gasteiger partial charge in [0, 0.05) is 0 Å². The molecule has 0 unspecified atom stereocenters. The number of hydrogen-bond acceptors (Lipinski definition) is 4. The van der Waals surface area contributed by atoms with Crippen molar-refractivity contribution in [3.8, 4) is 0 Å². The van der Waals surface area contributed by atoms with Crippen molar-refractivity contribution in [3.63, 3.8) is 0 Å².